The molecule has 1 N–H and O–H groups in total. The van der Waals surface area contributed by atoms with Crippen LogP contribution < -0.4 is 0 Å². The second-order valence-corrected chi connectivity index (χ2v) is 3.85. The van der Waals surface area contributed by atoms with Crippen LogP contribution >= 0.6 is 45.2 Å². The SMILES string of the molecule is C/C(I)=C(\I)C(=O)O. The fourth-order valence-corrected chi connectivity index (χ4v) is 0.378. The van der Waals surface area contributed by atoms with Crippen LogP contribution in [0.4, 0.5) is 0 Å². The van der Waals surface area contributed by atoms with Gasteiger partial charge < -0.3 is 5.11 Å². The Bertz CT molecular complexity index is 135. The molecule has 0 aromatic carbocycles. The molecule has 0 rings (SSSR count). The number of halogens is 2. The molecular formula is C4H4I2O2. The molecule has 0 atom stereocenters. The normalized spacial score (nSPS) is 12.9. The van der Waals surface area contributed by atoms with Gasteiger partial charge in [-0.3, -0.25) is 0 Å². The van der Waals surface area contributed by atoms with Crippen molar-refractivity contribution in [1.82, 2.24) is 0 Å². The predicted molar refractivity (Wildman–Crippen MR) is 48.4 cm³/mol. The number of hydrogen-bond donors (Lipinski definition) is 1. The lowest BCUT2D eigenvalue weighted by Gasteiger charge is -1.88. The Morgan fingerprint density at radius 1 is 1.50 bits per heavy atom. The van der Waals surface area contributed by atoms with Crippen molar-refractivity contribution >= 4 is 51.2 Å². The van der Waals surface area contributed by atoms with Gasteiger partial charge in [-0.05, 0) is 52.1 Å². The Hall–Kier alpha value is 0.670. The van der Waals surface area contributed by atoms with Gasteiger partial charge in [0.05, 0.1) is 0 Å². The highest BCUT2D eigenvalue weighted by Gasteiger charge is 2.02. The van der Waals surface area contributed by atoms with E-state index in [1.807, 2.05) is 22.6 Å². The van der Waals surface area contributed by atoms with Gasteiger partial charge >= 0.3 is 5.97 Å². The van der Waals surface area contributed by atoms with E-state index in [-0.39, 0.29) is 0 Å². The van der Waals surface area contributed by atoms with Gasteiger partial charge in [-0.1, -0.05) is 0 Å². The van der Waals surface area contributed by atoms with Crippen LogP contribution in [0.5, 0.6) is 0 Å². The summed E-state index contributed by atoms with van der Waals surface area (Å²) in [4.78, 5) is 10.1. The molecule has 0 saturated carbocycles. The van der Waals surface area contributed by atoms with Crippen molar-refractivity contribution < 1.29 is 9.90 Å². The molecule has 0 amide bonds. The quantitative estimate of drug-likeness (QED) is 0.588. The highest BCUT2D eigenvalue weighted by molar-refractivity contribution is 14.1. The largest absolute Gasteiger partial charge is 0.477 e. The molecule has 4 heteroatoms. The smallest absolute Gasteiger partial charge is 0.342 e. The van der Waals surface area contributed by atoms with E-state index in [0.717, 1.165) is 3.58 Å². The molecule has 0 unspecified atom stereocenters. The summed E-state index contributed by atoms with van der Waals surface area (Å²) >= 11 is 3.77. The summed E-state index contributed by atoms with van der Waals surface area (Å²) in [5.74, 6) is -0.850. The minimum Gasteiger partial charge on any atom is -0.477 e. The molecule has 46 valence electrons. The molecule has 0 fully saturated rings. The van der Waals surface area contributed by atoms with Crippen LogP contribution in [0.15, 0.2) is 7.16 Å². The highest BCUT2D eigenvalue weighted by Crippen LogP contribution is 2.17. The zero-order valence-corrected chi connectivity index (χ0v) is 8.43. The van der Waals surface area contributed by atoms with Gasteiger partial charge in [-0.15, -0.1) is 0 Å². The summed E-state index contributed by atoms with van der Waals surface area (Å²) in [5.41, 5.74) is 0. The maximum Gasteiger partial charge on any atom is 0.342 e. The zero-order chi connectivity index (χ0) is 6.73. The summed E-state index contributed by atoms with van der Waals surface area (Å²) < 4.78 is 1.21. The number of carboxylic acids is 1. The summed E-state index contributed by atoms with van der Waals surface area (Å²) in [5, 5.41) is 8.28. The lowest BCUT2D eigenvalue weighted by atomic mass is 10.5. The fourth-order valence-electron chi connectivity index (χ4n) is 0.147. The average molecular weight is 338 g/mol. The fraction of sp³-hybridized carbons (Fsp3) is 0.250. The lowest BCUT2D eigenvalue weighted by Crippen LogP contribution is -1.93. The first kappa shape index (κ1) is 8.67. The Kier molecular flexibility index (Phi) is 3.95. The van der Waals surface area contributed by atoms with Crippen LogP contribution in [-0.4, -0.2) is 11.1 Å². The summed E-state index contributed by atoms with van der Waals surface area (Å²) in [7, 11) is 0. The van der Waals surface area contributed by atoms with Crippen molar-refractivity contribution in [3.8, 4) is 0 Å². The van der Waals surface area contributed by atoms with Gasteiger partial charge in [0.15, 0.2) is 0 Å². The number of allylic oxidation sites excluding steroid dienone is 1. The molecule has 0 saturated heterocycles. The Labute approximate surface area is 74.6 Å². The average Bonchev–Trinajstić information content (AvgIpc) is 1.64. The van der Waals surface area contributed by atoms with E-state index in [0.29, 0.717) is 3.58 Å². The van der Waals surface area contributed by atoms with E-state index in [2.05, 4.69) is 0 Å². The predicted octanol–water partition coefficient (Wildman–Crippen LogP) is 2.17. The first-order valence-electron chi connectivity index (χ1n) is 1.81. The number of carboxylic acid groups (broad SMARTS) is 1. The molecule has 0 aliphatic rings. The molecule has 0 aliphatic carbocycles. The second kappa shape index (κ2) is 3.65. The minimum absolute atomic E-state index is 0.392. The van der Waals surface area contributed by atoms with Crippen molar-refractivity contribution in [2.45, 2.75) is 6.92 Å². The van der Waals surface area contributed by atoms with Gasteiger partial charge in [0.1, 0.15) is 3.58 Å². The minimum atomic E-state index is -0.850. The van der Waals surface area contributed by atoms with Crippen LogP contribution in [0.25, 0.3) is 0 Å². The highest BCUT2D eigenvalue weighted by atomic mass is 127. The molecule has 0 aromatic rings. The van der Waals surface area contributed by atoms with Crippen LogP contribution in [0, 0.1) is 0 Å². The number of carbonyl (C=O) groups is 1. The molecular weight excluding hydrogens is 334 g/mol. The van der Waals surface area contributed by atoms with E-state index in [1.54, 1.807) is 29.5 Å². The van der Waals surface area contributed by atoms with Crippen molar-refractivity contribution in [3.63, 3.8) is 0 Å². The van der Waals surface area contributed by atoms with E-state index in [1.165, 1.54) is 0 Å². The Morgan fingerprint density at radius 3 is 1.88 bits per heavy atom. The van der Waals surface area contributed by atoms with Gasteiger partial charge in [0, 0.05) is 3.58 Å². The van der Waals surface area contributed by atoms with Gasteiger partial charge in [-0.2, -0.15) is 0 Å². The number of rotatable bonds is 1. The van der Waals surface area contributed by atoms with Gasteiger partial charge in [-0.25, -0.2) is 4.79 Å². The third kappa shape index (κ3) is 2.85. The monoisotopic (exact) mass is 338 g/mol. The van der Waals surface area contributed by atoms with Gasteiger partial charge in [0.2, 0.25) is 0 Å². The molecule has 8 heavy (non-hydrogen) atoms. The summed E-state index contributed by atoms with van der Waals surface area (Å²) in [6.07, 6.45) is 0. The van der Waals surface area contributed by atoms with Crippen LogP contribution in [0.1, 0.15) is 6.92 Å². The third-order valence-corrected chi connectivity index (χ3v) is 3.33. The Morgan fingerprint density at radius 2 is 1.88 bits per heavy atom. The van der Waals surface area contributed by atoms with E-state index in [4.69, 9.17) is 5.11 Å². The maximum absolute atomic E-state index is 10.1. The lowest BCUT2D eigenvalue weighted by molar-refractivity contribution is -0.131. The first-order valence-corrected chi connectivity index (χ1v) is 3.96. The Balaban J connectivity index is 4.23. The summed E-state index contributed by atoms with van der Waals surface area (Å²) in [6, 6.07) is 0. The molecule has 0 spiro atoms. The van der Waals surface area contributed by atoms with Crippen LogP contribution in [0.3, 0.4) is 0 Å². The molecule has 2 nitrogen and oxygen atoms in total. The molecule has 0 bridgehead atoms. The van der Waals surface area contributed by atoms with Crippen LogP contribution in [-0.2, 0) is 4.79 Å². The standard InChI is InChI=1S/C4H4I2O2/c1-2(5)3(6)4(7)8/h1H3,(H,7,8)/b3-2+. The van der Waals surface area contributed by atoms with E-state index in [9.17, 15) is 4.79 Å². The van der Waals surface area contributed by atoms with E-state index < -0.39 is 5.97 Å². The first-order chi connectivity index (χ1) is 3.55. The third-order valence-electron chi connectivity index (χ3n) is 0.490. The molecule has 0 radical (unpaired) electrons. The second-order valence-electron chi connectivity index (χ2n) is 1.15. The van der Waals surface area contributed by atoms with Crippen LogP contribution in [0.2, 0.25) is 0 Å². The molecule has 0 aliphatic heterocycles. The number of hydrogen-bond acceptors (Lipinski definition) is 1. The molecule has 0 heterocycles. The van der Waals surface area contributed by atoms with E-state index >= 15 is 0 Å². The van der Waals surface area contributed by atoms with Crippen molar-refractivity contribution in [3.05, 3.63) is 7.16 Å². The molecule has 0 aromatic heterocycles. The summed E-state index contributed by atoms with van der Waals surface area (Å²) in [6.45, 7) is 1.76. The maximum atomic E-state index is 10.1. The topological polar surface area (TPSA) is 37.3 Å². The van der Waals surface area contributed by atoms with Gasteiger partial charge in [0.25, 0.3) is 0 Å². The van der Waals surface area contributed by atoms with Crippen molar-refractivity contribution in [2.24, 2.45) is 0 Å². The van der Waals surface area contributed by atoms with Crippen molar-refractivity contribution in [1.29, 1.82) is 0 Å². The number of aliphatic carboxylic acids is 1. The zero-order valence-electron chi connectivity index (χ0n) is 4.11. The van der Waals surface area contributed by atoms with Crippen molar-refractivity contribution in [2.75, 3.05) is 0 Å².